The molecule has 5 heteroatoms. The van der Waals surface area contributed by atoms with Crippen molar-refractivity contribution in [1.29, 1.82) is 0 Å². The number of nitrogens with one attached hydrogen (secondary N) is 2. The Morgan fingerprint density at radius 1 is 1.00 bits per heavy atom. The van der Waals surface area contributed by atoms with E-state index in [1.54, 1.807) is 6.92 Å². The molecule has 1 amide bonds. The van der Waals surface area contributed by atoms with Crippen LogP contribution in [0.2, 0.25) is 0 Å². The third kappa shape index (κ3) is 8.19. The van der Waals surface area contributed by atoms with Crippen molar-refractivity contribution in [3.8, 4) is 16.9 Å². The zero-order chi connectivity index (χ0) is 25.2. The summed E-state index contributed by atoms with van der Waals surface area (Å²) in [5, 5.41) is 6.79. The number of amides is 1. The molecule has 0 spiro atoms. The quantitative estimate of drug-likeness (QED) is 0.381. The maximum atomic E-state index is 11.7. The molecule has 5 nitrogen and oxygen atoms in total. The molecule has 2 aromatic carbocycles. The second kappa shape index (κ2) is 13.4. The largest absolute Gasteiger partial charge is 0.491 e. The number of carbonyl (C=O) groups excluding carboxylic acids is 1. The smallest absolute Gasteiger partial charge is 0.219 e. The number of hydrogen-bond acceptors (Lipinski definition) is 4. The molecule has 2 aliphatic heterocycles. The van der Waals surface area contributed by atoms with Gasteiger partial charge in [-0.1, -0.05) is 77.8 Å². The number of rotatable bonds is 8. The van der Waals surface area contributed by atoms with Crippen LogP contribution < -0.4 is 15.4 Å². The first kappa shape index (κ1) is 26.9. The summed E-state index contributed by atoms with van der Waals surface area (Å²) in [6.45, 7) is 12.4. The van der Waals surface area contributed by atoms with Gasteiger partial charge >= 0.3 is 0 Å². The average Bonchev–Trinajstić information content (AvgIpc) is 3.06. The van der Waals surface area contributed by atoms with E-state index in [0.29, 0.717) is 19.7 Å². The van der Waals surface area contributed by atoms with Gasteiger partial charge in [0.1, 0.15) is 12.4 Å². The second-order valence-electron chi connectivity index (χ2n) is 10.3. The van der Waals surface area contributed by atoms with Gasteiger partial charge in [0.05, 0.1) is 24.1 Å². The van der Waals surface area contributed by atoms with Crippen molar-refractivity contribution in [3.05, 3.63) is 42.0 Å². The highest BCUT2D eigenvalue weighted by molar-refractivity contribution is 5.81. The molecule has 0 aliphatic carbocycles. The minimum Gasteiger partial charge on any atom is -0.491 e. The van der Waals surface area contributed by atoms with Gasteiger partial charge in [-0.25, -0.2) is 0 Å². The molecule has 0 radical (unpaired) electrons. The van der Waals surface area contributed by atoms with E-state index in [4.69, 9.17) is 4.74 Å². The minimum atomic E-state index is 0.0821. The first-order valence-corrected chi connectivity index (χ1v) is 13.6. The van der Waals surface area contributed by atoms with Crippen molar-refractivity contribution < 1.29 is 9.53 Å². The summed E-state index contributed by atoms with van der Waals surface area (Å²) in [5.74, 6) is 1.86. The number of hydrogen-bond donors (Lipinski definition) is 2. The van der Waals surface area contributed by atoms with Crippen LogP contribution in [0.25, 0.3) is 11.1 Å². The van der Waals surface area contributed by atoms with Gasteiger partial charge in [-0.15, -0.1) is 0 Å². The Hall–Kier alpha value is -2.69. The number of benzene rings is 2. The number of anilines is 2. The molecule has 0 saturated heterocycles. The zero-order valence-electron chi connectivity index (χ0n) is 22.5. The van der Waals surface area contributed by atoms with E-state index >= 15 is 0 Å². The van der Waals surface area contributed by atoms with Gasteiger partial charge < -0.3 is 20.3 Å². The van der Waals surface area contributed by atoms with Crippen LogP contribution in [-0.4, -0.2) is 30.1 Å². The predicted octanol–water partition coefficient (Wildman–Crippen LogP) is 7.67. The van der Waals surface area contributed by atoms with Gasteiger partial charge in [0.25, 0.3) is 0 Å². The lowest BCUT2D eigenvalue weighted by Crippen LogP contribution is -2.30. The van der Waals surface area contributed by atoms with Crippen LogP contribution in [-0.2, 0) is 11.3 Å². The van der Waals surface area contributed by atoms with Crippen molar-refractivity contribution >= 4 is 17.3 Å². The molecule has 35 heavy (non-hydrogen) atoms. The third-order valence-electron chi connectivity index (χ3n) is 6.72. The fourth-order valence-electron chi connectivity index (χ4n) is 4.65. The van der Waals surface area contributed by atoms with Crippen LogP contribution in [0, 0.1) is 5.92 Å². The molecule has 192 valence electrons. The van der Waals surface area contributed by atoms with E-state index in [0.717, 1.165) is 39.7 Å². The van der Waals surface area contributed by atoms with E-state index in [1.165, 1.54) is 44.9 Å². The molecule has 2 aliphatic rings. The van der Waals surface area contributed by atoms with Gasteiger partial charge in [0.2, 0.25) is 5.91 Å². The monoisotopic (exact) mass is 479 g/mol. The van der Waals surface area contributed by atoms with Crippen molar-refractivity contribution in [2.75, 3.05) is 23.8 Å². The number of carbonyl (C=O) groups is 1. The first-order chi connectivity index (χ1) is 16.9. The summed E-state index contributed by atoms with van der Waals surface area (Å²) in [5.41, 5.74) is 5.59. The van der Waals surface area contributed by atoms with Gasteiger partial charge in [0.15, 0.2) is 0 Å². The lowest BCUT2D eigenvalue weighted by molar-refractivity contribution is -0.129. The summed E-state index contributed by atoms with van der Waals surface area (Å²) in [6, 6.07) is 12.6. The van der Waals surface area contributed by atoms with E-state index in [-0.39, 0.29) is 12.1 Å². The standard InChI is InChI=1S/C19H21N3O2.C11H24/c1-12-20-17-5-3-15(10-18(17)21-12)14-4-6-19-16(9-14)11-22(13(2)23)7-8-24-19;1-4-5-6-7-8-9-10-11(2)3/h3-6,9-10,12,20-21H,7-8,11H2,1-2H3;11H,4-10H2,1-3H3. The van der Waals surface area contributed by atoms with Crippen LogP contribution in [0.4, 0.5) is 11.4 Å². The summed E-state index contributed by atoms with van der Waals surface area (Å²) >= 11 is 0. The number of ether oxygens (including phenoxy) is 1. The highest BCUT2D eigenvalue weighted by Gasteiger charge is 2.19. The maximum Gasteiger partial charge on any atom is 0.219 e. The second-order valence-corrected chi connectivity index (χ2v) is 10.3. The van der Waals surface area contributed by atoms with Crippen molar-refractivity contribution in [2.24, 2.45) is 5.92 Å². The first-order valence-electron chi connectivity index (χ1n) is 13.6. The normalized spacial score (nSPS) is 16.2. The van der Waals surface area contributed by atoms with Crippen LogP contribution in [0.1, 0.15) is 85.1 Å². The molecule has 4 rings (SSSR count). The number of unbranched alkanes of at least 4 members (excludes halogenated alkanes) is 5. The average molecular weight is 480 g/mol. The van der Waals surface area contributed by atoms with Crippen LogP contribution >= 0.6 is 0 Å². The van der Waals surface area contributed by atoms with Crippen molar-refractivity contribution in [1.82, 2.24) is 4.90 Å². The molecule has 2 heterocycles. The van der Waals surface area contributed by atoms with E-state index in [2.05, 4.69) is 68.7 Å². The van der Waals surface area contributed by atoms with Gasteiger partial charge in [-0.2, -0.15) is 0 Å². The Morgan fingerprint density at radius 2 is 1.69 bits per heavy atom. The highest BCUT2D eigenvalue weighted by atomic mass is 16.5. The van der Waals surface area contributed by atoms with Gasteiger partial charge in [0, 0.05) is 19.0 Å². The molecule has 1 unspecified atom stereocenters. The SMILES string of the molecule is CC(=O)N1CCOc2ccc(-c3ccc4c(c3)NC(C)N4)cc2C1.CCCCCCCCC(C)C. The van der Waals surface area contributed by atoms with Crippen LogP contribution in [0.3, 0.4) is 0 Å². The lowest BCUT2D eigenvalue weighted by atomic mass is 10.0. The van der Waals surface area contributed by atoms with Gasteiger partial charge in [-0.3, -0.25) is 4.79 Å². The molecule has 2 N–H and O–H groups in total. The Bertz CT molecular complexity index is 957. The summed E-state index contributed by atoms with van der Waals surface area (Å²) in [7, 11) is 0. The Kier molecular flexibility index (Phi) is 10.3. The van der Waals surface area contributed by atoms with E-state index in [9.17, 15) is 4.79 Å². The van der Waals surface area contributed by atoms with Crippen LogP contribution in [0.5, 0.6) is 5.75 Å². The highest BCUT2D eigenvalue weighted by Crippen LogP contribution is 2.35. The summed E-state index contributed by atoms with van der Waals surface area (Å²) < 4.78 is 5.79. The molecule has 0 bridgehead atoms. The van der Waals surface area contributed by atoms with Gasteiger partial charge in [-0.05, 0) is 48.2 Å². The Balaban J connectivity index is 0.000000266. The molecule has 0 fully saturated rings. The Morgan fingerprint density at radius 3 is 2.43 bits per heavy atom. The summed E-state index contributed by atoms with van der Waals surface area (Å²) in [4.78, 5) is 13.6. The number of fused-ring (bicyclic) bond motifs is 2. The Labute approximate surface area is 212 Å². The van der Waals surface area contributed by atoms with Crippen LogP contribution in [0.15, 0.2) is 36.4 Å². The lowest BCUT2D eigenvalue weighted by Gasteiger charge is -2.17. The van der Waals surface area contributed by atoms with E-state index in [1.807, 2.05) is 11.0 Å². The predicted molar refractivity (Wildman–Crippen MR) is 148 cm³/mol. The fraction of sp³-hybridized carbons (Fsp3) is 0.567. The molecule has 0 saturated carbocycles. The zero-order valence-corrected chi connectivity index (χ0v) is 22.5. The minimum absolute atomic E-state index is 0.0821. The maximum absolute atomic E-state index is 11.7. The molecule has 1 atom stereocenters. The third-order valence-corrected chi connectivity index (χ3v) is 6.72. The molecular formula is C30H45N3O2. The summed E-state index contributed by atoms with van der Waals surface area (Å²) in [6.07, 6.45) is 10.3. The van der Waals surface area contributed by atoms with Crippen molar-refractivity contribution in [3.63, 3.8) is 0 Å². The fourth-order valence-corrected chi connectivity index (χ4v) is 4.65. The topological polar surface area (TPSA) is 53.6 Å². The molecule has 2 aromatic rings. The molecule has 0 aromatic heterocycles. The van der Waals surface area contributed by atoms with Crippen molar-refractivity contribution in [2.45, 2.75) is 92.3 Å². The molecular weight excluding hydrogens is 434 g/mol. The van der Waals surface area contributed by atoms with E-state index < -0.39 is 0 Å². The number of nitrogens with zero attached hydrogens (tertiary/aromatic N) is 1.